The second kappa shape index (κ2) is 18.9. The average molecular weight is 467 g/mol. The van der Waals surface area contributed by atoms with Crippen molar-refractivity contribution in [1.82, 2.24) is 15.5 Å². The Hall–Kier alpha value is -1.67. The van der Waals surface area contributed by atoms with E-state index in [4.69, 9.17) is 23.7 Å². The molecule has 0 spiro atoms. The number of amides is 1. The molecule has 0 aromatic heterocycles. The molecule has 1 heterocycles. The summed E-state index contributed by atoms with van der Waals surface area (Å²) in [6.07, 6.45) is 21.2. The number of guanidine groups is 1. The standard InChI is InChI=1S/C24H46N6OS/c1-2-3-4-5-6-7-8-9-10-11-12-13-14-15-16-17-22(31)29-24-27-18-19-30(24)21(20-25)28-23(26)32/h9-10,21H,2-8,11-20,25H2,1H3,(H3,26,28,32)(H,27,29,31)/b10-9-. The Bertz CT molecular complexity index is 581. The van der Waals surface area contributed by atoms with Crippen LogP contribution in [0.5, 0.6) is 0 Å². The van der Waals surface area contributed by atoms with Crippen LogP contribution in [0.2, 0.25) is 0 Å². The number of rotatable bonds is 18. The van der Waals surface area contributed by atoms with Gasteiger partial charge in [-0.25, -0.2) is 0 Å². The molecule has 0 bridgehead atoms. The Labute approximate surface area is 200 Å². The van der Waals surface area contributed by atoms with Crippen LogP contribution in [0, 0.1) is 0 Å². The van der Waals surface area contributed by atoms with Crippen LogP contribution in [0.15, 0.2) is 17.1 Å². The fourth-order valence-electron chi connectivity index (χ4n) is 3.85. The Kier molecular flexibility index (Phi) is 16.7. The molecule has 0 saturated carbocycles. The van der Waals surface area contributed by atoms with Crippen LogP contribution in [-0.4, -0.2) is 47.7 Å². The van der Waals surface area contributed by atoms with Crippen LogP contribution < -0.4 is 22.1 Å². The van der Waals surface area contributed by atoms with E-state index in [1.54, 1.807) is 0 Å². The van der Waals surface area contributed by atoms with Gasteiger partial charge in [-0.2, -0.15) is 0 Å². The van der Waals surface area contributed by atoms with Crippen LogP contribution in [0.4, 0.5) is 0 Å². The van der Waals surface area contributed by atoms with Gasteiger partial charge in [0.05, 0.1) is 6.54 Å². The summed E-state index contributed by atoms with van der Waals surface area (Å²) in [5.41, 5.74) is 11.4. The number of hydrogen-bond donors (Lipinski definition) is 4. The first kappa shape index (κ1) is 28.4. The Balaban J connectivity index is 2.02. The van der Waals surface area contributed by atoms with Gasteiger partial charge in [-0.05, 0) is 44.3 Å². The minimum atomic E-state index is -0.256. The minimum Gasteiger partial charge on any atom is -0.376 e. The number of nitrogens with two attached hydrogens (primary N) is 2. The second-order valence-electron chi connectivity index (χ2n) is 8.54. The summed E-state index contributed by atoms with van der Waals surface area (Å²) in [5.74, 6) is 0.557. The molecule has 0 saturated heterocycles. The van der Waals surface area contributed by atoms with Crippen molar-refractivity contribution in [3.05, 3.63) is 12.2 Å². The Morgan fingerprint density at radius 3 is 2.25 bits per heavy atom. The molecule has 8 heteroatoms. The molecule has 1 rings (SSSR count). The summed E-state index contributed by atoms with van der Waals surface area (Å²) in [4.78, 5) is 18.6. The topological polar surface area (TPSA) is 109 Å². The maximum atomic E-state index is 12.3. The molecule has 0 aromatic rings. The number of carbonyl (C=O) groups excluding carboxylic acids is 1. The van der Waals surface area contributed by atoms with Gasteiger partial charge in [0, 0.05) is 19.5 Å². The average Bonchev–Trinajstić information content (AvgIpc) is 3.22. The predicted molar refractivity (Wildman–Crippen MR) is 139 cm³/mol. The highest BCUT2D eigenvalue weighted by molar-refractivity contribution is 7.80. The first-order valence-corrected chi connectivity index (χ1v) is 13.0. The molecule has 1 aliphatic heterocycles. The molecule has 32 heavy (non-hydrogen) atoms. The molecule has 0 radical (unpaired) electrons. The lowest BCUT2D eigenvalue weighted by Crippen LogP contribution is -2.57. The number of thiocarbonyl (C=S) groups is 1. The minimum absolute atomic E-state index is 0.000580. The Morgan fingerprint density at radius 1 is 1.06 bits per heavy atom. The monoisotopic (exact) mass is 466 g/mol. The quantitative estimate of drug-likeness (QED) is 0.138. The molecule has 184 valence electrons. The van der Waals surface area contributed by atoms with Gasteiger partial charge in [0.2, 0.25) is 11.9 Å². The zero-order chi connectivity index (χ0) is 23.4. The summed E-state index contributed by atoms with van der Waals surface area (Å²) in [6, 6.07) is 0. The normalized spacial score (nSPS) is 14.6. The van der Waals surface area contributed by atoms with Crippen molar-refractivity contribution in [2.45, 2.75) is 103 Å². The van der Waals surface area contributed by atoms with Crippen LogP contribution in [-0.2, 0) is 4.79 Å². The molecule has 0 fully saturated rings. The van der Waals surface area contributed by atoms with Crippen LogP contribution >= 0.6 is 12.2 Å². The molecular weight excluding hydrogens is 420 g/mol. The van der Waals surface area contributed by atoms with Crippen LogP contribution in [0.25, 0.3) is 0 Å². The number of nitrogens with zero attached hydrogens (tertiary/aromatic N) is 2. The summed E-state index contributed by atoms with van der Waals surface area (Å²) < 4.78 is 0. The molecule has 0 aliphatic carbocycles. The van der Waals surface area contributed by atoms with E-state index in [9.17, 15) is 4.79 Å². The van der Waals surface area contributed by atoms with Gasteiger partial charge in [-0.3, -0.25) is 15.1 Å². The lowest BCUT2D eigenvalue weighted by Gasteiger charge is -2.30. The number of hydrogen-bond acceptors (Lipinski definition) is 5. The molecule has 0 aromatic carbocycles. The molecule has 6 N–H and O–H groups in total. The zero-order valence-electron chi connectivity index (χ0n) is 20.1. The lowest BCUT2D eigenvalue weighted by molar-refractivity contribution is -0.120. The summed E-state index contributed by atoms with van der Waals surface area (Å²) in [5, 5.41) is 6.05. The van der Waals surface area contributed by atoms with E-state index in [1.165, 1.54) is 70.6 Å². The summed E-state index contributed by atoms with van der Waals surface area (Å²) in [7, 11) is 0. The van der Waals surface area contributed by atoms with Gasteiger partial charge >= 0.3 is 0 Å². The summed E-state index contributed by atoms with van der Waals surface area (Å²) in [6.45, 7) is 3.89. The second-order valence-corrected chi connectivity index (χ2v) is 8.98. The molecule has 1 amide bonds. The largest absolute Gasteiger partial charge is 0.376 e. The van der Waals surface area contributed by atoms with E-state index < -0.39 is 0 Å². The number of unbranched alkanes of at least 4 members (excludes halogenated alkanes) is 11. The van der Waals surface area contributed by atoms with Gasteiger partial charge in [-0.1, -0.05) is 70.4 Å². The maximum absolute atomic E-state index is 12.3. The highest BCUT2D eigenvalue weighted by Gasteiger charge is 2.25. The smallest absolute Gasteiger partial charge is 0.226 e. The molecule has 1 aliphatic rings. The Morgan fingerprint density at radius 2 is 1.66 bits per heavy atom. The highest BCUT2D eigenvalue weighted by atomic mass is 32.1. The van der Waals surface area contributed by atoms with E-state index in [2.05, 4.69) is 34.7 Å². The van der Waals surface area contributed by atoms with E-state index in [0.717, 1.165) is 12.8 Å². The maximum Gasteiger partial charge on any atom is 0.226 e. The molecule has 7 nitrogen and oxygen atoms in total. The van der Waals surface area contributed by atoms with Crippen molar-refractivity contribution in [2.75, 3.05) is 19.6 Å². The van der Waals surface area contributed by atoms with Crippen molar-refractivity contribution in [2.24, 2.45) is 16.5 Å². The van der Waals surface area contributed by atoms with Crippen LogP contribution in [0.1, 0.15) is 96.8 Å². The number of nitrogens with one attached hydrogen (secondary N) is 2. The third-order valence-corrected chi connectivity index (χ3v) is 5.82. The van der Waals surface area contributed by atoms with Gasteiger partial charge < -0.3 is 21.7 Å². The SMILES string of the molecule is CCCCCCCC/C=C\CCCCCCCC(=O)NC1=NCCN1C(CN)NC(N)=S. The van der Waals surface area contributed by atoms with E-state index >= 15 is 0 Å². The fraction of sp³-hybridized carbons (Fsp3) is 0.792. The third-order valence-electron chi connectivity index (χ3n) is 5.70. The zero-order valence-corrected chi connectivity index (χ0v) is 20.9. The fourth-order valence-corrected chi connectivity index (χ4v) is 3.98. The first-order chi connectivity index (χ1) is 15.6. The number of allylic oxidation sites excluding steroid dienone is 2. The molecular formula is C24H46N6OS. The van der Waals surface area contributed by atoms with Crippen molar-refractivity contribution < 1.29 is 4.79 Å². The molecule has 1 atom stereocenters. The predicted octanol–water partition coefficient (Wildman–Crippen LogP) is 3.93. The van der Waals surface area contributed by atoms with E-state index in [-0.39, 0.29) is 17.2 Å². The van der Waals surface area contributed by atoms with Crippen LogP contribution in [0.3, 0.4) is 0 Å². The van der Waals surface area contributed by atoms with Crippen molar-refractivity contribution >= 4 is 29.2 Å². The van der Waals surface area contributed by atoms with E-state index in [0.29, 0.717) is 32.0 Å². The third kappa shape index (κ3) is 13.7. The van der Waals surface area contributed by atoms with Crippen molar-refractivity contribution in [3.63, 3.8) is 0 Å². The van der Waals surface area contributed by atoms with Crippen molar-refractivity contribution in [1.29, 1.82) is 0 Å². The summed E-state index contributed by atoms with van der Waals surface area (Å²) >= 11 is 4.90. The lowest BCUT2D eigenvalue weighted by atomic mass is 10.1. The van der Waals surface area contributed by atoms with Gasteiger partial charge in [0.15, 0.2) is 5.11 Å². The van der Waals surface area contributed by atoms with Crippen molar-refractivity contribution in [3.8, 4) is 0 Å². The highest BCUT2D eigenvalue weighted by Crippen LogP contribution is 2.10. The van der Waals surface area contributed by atoms with Gasteiger partial charge in [0.25, 0.3) is 0 Å². The number of carbonyl (C=O) groups is 1. The number of aliphatic imine (C=N–C) groups is 1. The molecule has 1 unspecified atom stereocenters. The van der Waals surface area contributed by atoms with Gasteiger partial charge in [0.1, 0.15) is 6.17 Å². The first-order valence-electron chi connectivity index (χ1n) is 12.6. The van der Waals surface area contributed by atoms with Gasteiger partial charge in [-0.15, -0.1) is 0 Å². The van der Waals surface area contributed by atoms with E-state index in [1.807, 2.05) is 4.90 Å².